The molecule has 7 nitrogen and oxygen atoms in total. The van der Waals surface area contributed by atoms with E-state index in [-0.39, 0.29) is 30.5 Å². The second-order valence-corrected chi connectivity index (χ2v) is 6.73. The first-order valence-electron chi connectivity index (χ1n) is 9.51. The zero-order valence-corrected chi connectivity index (χ0v) is 16.0. The van der Waals surface area contributed by atoms with Crippen molar-refractivity contribution >= 4 is 17.3 Å². The molecular weight excluding hydrogens is 382 g/mol. The van der Waals surface area contributed by atoms with Gasteiger partial charge in [0.15, 0.2) is 5.75 Å². The number of nitro groups is 1. The number of hydrogen-bond acceptors (Lipinski definition) is 5. The van der Waals surface area contributed by atoms with E-state index >= 15 is 0 Å². The molecule has 0 radical (unpaired) electrons. The normalized spacial score (nSPS) is 15.7. The van der Waals surface area contributed by atoms with E-state index in [9.17, 15) is 14.9 Å². The van der Waals surface area contributed by atoms with Crippen LogP contribution in [0.15, 0.2) is 90.0 Å². The summed E-state index contributed by atoms with van der Waals surface area (Å²) in [6.07, 6.45) is 0. The van der Waals surface area contributed by atoms with Gasteiger partial charge in [0.25, 0.3) is 5.91 Å². The molecule has 0 spiro atoms. The van der Waals surface area contributed by atoms with Gasteiger partial charge in [0, 0.05) is 6.07 Å². The van der Waals surface area contributed by atoms with Crippen molar-refractivity contribution in [1.82, 2.24) is 5.01 Å². The van der Waals surface area contributed by atoms with Gasteiger partial charge in [-0.25, -0.2) is 5.01 Å². The average Bonchev–Trinajstić information content (AvgIpc) is 3.11. The van der Waals surface area contributed by atoms with E-state index in [0.29, 0.717) is 5.71 Å². The summed E-state index contributed by atoms with van der Waals surface area (Å²) in [5.41, 5.74) is 2.31. The molecular formula is C23H19N3O4. The van der Waals surface area contributed by atoms with Crippen LogP contribution in [0.25, 0.3) is 0 Å². The van der Waals surface area contributed by atoms with Crippen molar-refractivity contribution < 1.29 is 14.5 Å². The Hall–Kier alpha value is -4.00. The highest BCUT2D eigenvalue weighted by atomic mass is 16.6. The van der Waals surface area contributed by atoms with Crippen molar-refractivity contribution in [1.29, 1.82) is 0 Å². The van der Waals surface area contributed by atoms with Gasteiger partial charge in [-0.05, 0) is 17.2 Å². The van der Waals surface area contributed by atoms with Crippen LogP contribution >= 0.6 is 0 Å². The summed E-state index contributed by atoms with van der Waals surface area (Å²) in [4.78, 5) is 23.8. The molecule has 1 atom stereocenters. The van der Waals surface area contributed by atoms with Crippen LogP contribution in [0, 0.1) is 10.1 Å². The number of benzene rings is 3. The number of hydrazone groups is 1. The lowest BCUT2D eigenvalue weighted by Crippen LogP contribution is -2.30. The number of para-hydroxylation sites is 2. The quantitative estimate of drug-likeness (QED) is 0.442. The summed E-state index contributed by atoms with van der Waals surface area (Å²) in [5.74, 6) is -0.480. The molecule has 1 amide bonds. The van der Waals surface area contributed by atoms with Crippen molar-refractivity contribution in [3.05, 3.63) is 106 Å². The number of carbonyl (C=O) groups excluding carboxylic acids is 1. The third-order valence-corrected chi connectivity index (χ3v) is 4.83. The van der Waals surface area contributed by atoms with Gasteiger partial charge in [0.05, 0.1) is 17.2 Å². The minimum Gasteiger partial charge on any atom is -0.485 e. The summed E-state index contributed by atoms with van der Waals surface area (Å²) >= 11 is 0. The first-order chi connectivity index (χ1) is 14.6. The molecule has 1 heterocycles. The fraction of sp³-hybridized carbons (Fsp3) is 0.130. The van der Waals surface area contributed by atoms with E-state index in [2.05, 4.69) is 5.10 Å². The molecule has 0 saturated carbocycles. The van der Waals surface area contributed by atoms with Crippen LogP contribution in [0.3, 0.4) is 0 Å². The number of rotatable bonds is 7. The van der Waals surface area contributed by atoms with E-state index in [1.165, 1.54) is 17.1 Å². The molecule has 4 rings (SSSR count). The third-order valence-electron chi connectivity index (χ3n) is 4.83. The molecule has 150 valence electrons. The van der Waals surface area contributed by atoms with E-state index in [1.54, 1.807) is 12.1 Å². The second-order valence-electron chi connectivity index (χ2n) is 6.73. The fourth-order valence-corrected chi connectivity index (χ4v) is 3.41. The summed E-state index contributed by atoms with van der Waals surface area (Å²) in [5, 5.41) is 17.1. The van der Waals surface area contributed by atoms with Crippen LogP contribution in [0.5, 0.6) is 5.75 Å². The Bertz CT molecular complexity index is 1080. The lowest BCUT2D eigenvalue weighted by Gasteiger charge is -2.15. The van der Waals surface area contributed by atoms with E-state index in [4.69, 9.17) is 4.74 Å². The standard InChI is InChI=1S/C23H19N3O4/c27-23-21(17-9-3-1-4-10-17)22(18-11-5-2-6-12-18)24-25(23)15-16-30-20-14-8-7-13-19(20)26(28)29/h1-14,21H,15-16H2. The number of hydrogen-bond donors (Lipinski definition) is 0. The van der Waals surface area contributed by atoms with Crippen LogP contribution in [0.4, 0.5) is 5.69 Å². The van der Waals surface area contributed by atoms with Gasteiger partial charge < -0.3 is 4.74 Å². The highest BCUT2D eigenvalue weighted by molar-refractivity contribution is 6.20. The Kier molecular flexibility index (Phi) is 5.52. The Labute approximate surface area is 173 Å². The van der Waals surface area contributed by atoms with Gasteiger partial charge in [-0.1, -0.05) is 72.8 Å². The van der Waals surface area contributed by atoms with E-state index in [0.717, 1.165) is 11.1 Å². The topological polar surface area (TPSA) is 85.0 Å². The smallest absolute Gasteiger partial charge is 0.310 e. The molecule has 3 aromatic carbocycles. The maximum Gasteiger partial charge on any atom is 0.310 e. The van der Waals surface area contributed by atoms with Gasteiger partial charge in [-0.3, -0.25) is 14.9 Å². The number of carbonyl (C=O) groups is 1. The Morgan fingerprint density at radius 3 is 2.27 bits per heavy atom. The maximum absolute atomic E-state index is 13.2. The number of ether oxygens (including phenoxy) is 1. The molecule has 1 aliphatic rings. The van der Waals surface area contributed by atoms with Crippen LogP contribution in [-0.4, -0.2) is 34.7 Å². The molecule has 7 heteroatoms. The Balaban J connectivity index is 1.55. The fourth-order valence-electron chi connectivity index (χ4n) is 3.41. The van der Waals surface area contributed by atoms with Crippen molar-refractivity contribution in [3.63, 3.8) is 0 Å². The van der Waals surface area contributed by atoms with Crippen molar-refractivity contribution in [2.45, 2.75) is 5.92 Å². The zero-order valence-electron chi connectivity index (χ0n) is 16.0. The van der Waals surface area contributed by atoms with E-state index < -0.39 is 10.8 Å². The predicted molar refractivity (Wildman–Crippen MR) is 112 cm³/mol. The summed E-state index contributed by atoms with van der Waals surface area (Å²) < 4.78 is 5.59. The van der Waals surface area contributed by atoms with Gasteiger partial charge in [-0.2, -0.15) is 5.10 Å². The molecule has 30 heavy (non-hydrogen) atoms. The molecule has 1 aliphatic heterocycles. The molecule has 0 aliphatic carbocycles. The van der Waals surface area contributed by atoms with Crippen LogP contribution in [0.1, 0.15) is 17.0 Å². The predicted octanol–water partition coefficient (Wildman–Crippen LogP) is 4.00. The first kappa shape index (κ1) is 19.3. The summed E-state index contributed by atoms with van der Waals surface area (Å²) in [6, 6.07) is 25.3. The highest BCUT2D eigenvalue weighted by Gasteiger charge is 2.37. The molecule has 3 aromatic rings. The second kappa shape index (κ2) is 8.57. The molecule has 1 unspecified atom stereocenters. The lowest BCUT2D eigenvalue weighted by atomic mass is 9.90. The van der Waals surface area contributed by atoms with Crippen LogP contribution in [-0.2, 0) is 4.79 Å². The number of nitrogens with zero attached hydrogens (tertiary/aromatic N) is 3. The van der Waals surface area contributed by atoms with Gasteiger partial charge in [-0.15, -0.1) is 0 Å². The van der Waals surface area contributed by atoms with Crippen LogP contribution in [0.2, 0.25) is 0 Å². The lowest BCUT2D eigenvalue weighted by molar-refractivity contribution is -0.385. The Morgan fingerprint density at radius 2 is 1.57 bits per heavy atom. The molecule has 0 bridgehead atoms. The minimum absolute atomic E-state index is 0.0870. The van der Waals surface area contributed by atoms with Crippen molar-refractivity contribution in [2.75, 3.05) is 13.2 Å². The zero-order chi connectivity index (χ0) is 20.9. The Morgan fingerprint density at radius 1 is 0.933 bits per heavy atom. The monoisotopic (exact) mass is 401 g/mol. The highest BCUT2D eigenvalue weighted by Crippen LogP contribution is 2.30. The summed E-state index contributed by atoms with van der Waals surface area (Å²) in [7, 11) is 0. The molecule has 0 N–H and O–H groups in total. The molecule has 0 saturated heterocycles. The van der Waals surface area contributed by atoms with Crippen molar-refractivity contribution in [3.8, 4) is 5.75 Å². The van der Waals surface area contributed by atoms with Crippen LogP contribution < -0.4 is 4.74 Å². The molecule has 0 aromatic heterocycles. The molecule has 0 fully saturated rings. The maximum atomic E-state index is 13.2. The minimum atomic E-state index is -0.500. The largest absolute Gasteiger partial charge is 0.485 e. The van der Waals surface area contributed by atoms with Gasteiger partial charge in [0.1, 0.15) is 12.5 Å². The van der Waals surface area contributed by atoms with E-state index in [1.807, 2.05) is 60.7 Å². The average molecular weight is 401 g/mol. The summed E-state index contributed by atoms with van der Waals surface area (Å²) in [6.45, 7) is 0.272. The number of amides is 1. The van der Waals surface area contributed by atoms with Gasteiger partial charge in [0.2, 0.25) is 0 Å². The SMILES string of the molecule is O=C1C(c2ccccc2)C(c2ccccc2)=NN1CCOc1ccccc1[N+](=O)[O-]. The van der Waals surface area contributed by atoms with Crippen molar-refractivity contribution in [2.24, 2.45) is 5.10 Å². The first-order valence-corrected chi connectivity index (χ1v) is 9.51. The van der Waals surface area contributed by atoms with Gasteiger partial charge >= 0.3 is 5.69 Å². The third kappa shape index (κ3) is 3.91. The number of nitro benzene ring substituents is 1.